The third-order valence-corrected chi connectivity index (χ3v) is 1.19. The SMILES string of the molecule is CCCCNC(=O)CC(N)=O. The monoisotopic (exact) mass is 158 g/mol. The Kier molecular flexibility index (Phi) is 5.15. The van der Waals surface area contributed by atoms with Crippen LogP contribution in [0.4, 0.5) is 0 Å². The molecule has 0 unspecified atom stereocenters. The Morgan fingerprint density at radius 1 is 1.45 bits per heavy atom. The van der Waals surface area contributed by atoms with Crippen LogP contribution in [0.25, 0.3) is 0 Å². The average Bonchev–Trinajstić information content (AvgIpc) is 1.86. The van der Waals surface area contributed by atoms with E-state index in [0.29, 0.717) is 6.54 Å². The number of primary amides is 1. The second-order valence-corrected chi connectivity index (χ2v) is 2.35. The summed E-state index contributed by atoms with van der Waals surface area (Å²) >= 11 is 0. The first-order chi connectivity index (χ1) is 5.16. The van der Waals surface area contributed by atoms with Crippen molar-refractivity contribution < 1.29 is 9.59 Å². The predicted molar refractivity (Wildman–Crippen MR) is 41.7 cm³/mol. The van der Waals surface area contributed by atoms with Crippen molar-refractivity contribution in [2.75, 3.05) is 6.54 Å². The van der Waals surface area contributed by atoms with Gasteiger partial charge in [0.15, 0.2) is 0 Å². The summed E-state index contributed by atoms with van der Waals surface area (Å²) < 4.78 is 0. The summed E-state index contributed by atoms with van der Waals surface area (Å²) in [7, 11) is 0. The Labute approximate surface area is 66.1 Å². The smallest absolute Gasteiger partial charge is 0.229 e. The fourth-order valence-corrected chi connectivity index (χ4v) is 0.625. The number of nitrogens with two attached hydrogens (primary N) is 1. The van der Waals surface area contributed by atoms with Gasteiger partial charge in [0.05, 0.1) is 0 Å². The third kappa shape index (κ3) is 6.83. The molecule has 0 atom stereocenters. The van der Waals surface area contributed by atoms with E-state index in [0.717, 1.165) is 12.8 Å². The highest BCUT2D eigenvalue weighted by molar-refractivity contribution is 5.95. The van der Waals surface area contributed by atoms with Crippen LogP contribution < -0.4 is 11.1 Å². The van der Waals surface area contributed by atoms with Crippen LogP contribution in [0.3, 0.4) is 0 Å². The average molecular weight is 158 g/mol. The topological polar surface area (TPSA) is 72.2 Å². The van der Waals surface area contributed by atoms with Crippen molar-refractivity contribution in [2.45, 2.75) is 26.2 Å². The van der Waals surface area contributed by atoms with E-state index in [1.165, 1.54) is 0 Å². The summed E-state index contributed by atoms with van der Waals surface area (Å²) in [5.41, 5.74) is 4.80. The van der Waals surface area contributed by atoms with Gasteiger partial charge in [0.1, 0.15) is 6.42 Å². The Bertz CT molecular complexity index is 145. The molecule has 0 aromatic heterocycles. The van der Waals surface area contributed by atoms with E-state index in [-0.39, 0.29) is 12.3 Å². The molecule has 0 aromatic rings. The lowest BCUT2D eigenvalue weighted by Gasteiger charge is -2.00. The van der Waals surface area contributed by atoms with Crippen LogP contribution in [0.2, 0.25) is 0 Å². The number of unbranched alkanes of at least 4 members (excludes halogenated alkanes) is 1. The maximum absolute atomic E-state index is 10.7. The first-order valence-electron chi connectivity index (χ1n) is 3.71. The van der Waals surface area contributed by atoms with Crippen molar-refractivity contribution in [1.29, 1.82) is 0 Å². The number of carbonyl (C=O) groups excluding carboxylic acids is 2. The molecule has 0 radical (unpaired) electrons. The van der Waals surface area contributed by atoms with Gasteiger partial charge in [0.25, 0.3) is 0 Å². The van der Waals surface area contributed by atoms with Crippen LogP contribution in [0.5, 0.6) is 0 Å². The summed E-state index contributed by atoms with van der Waals surface area (Å²) in [5, 5.41) is 2.58. The van der Waals surface area contributed by atoms with Crippen LogP contribution in [-0.4, -0.2) is 18.4 Å². The van der Waals surface area contributed by atoms with Gasteiger partial charge in [-0.2, -0.15) is 0 Å². The number of hydrogen-bond acceptors (Lipinski definition) is 2. The molecule has 0 heterocycles. The molecule has 0 saturated carbocycles. The largest absolute Gasteiger partial charge is 0.369 e. The molecule has 0 spiro atoms. The lowest BCUT2D eigenvalue weighted by Crippen LogP contribution is -2.28. The summed E-state index contributed by atoms with van der Waals surface area (Å²) in [6.45, 7) is 2.66. The number of nitrogens with one attached hydrogen (secondary N) is 1. The second kappa shape index (κ2) is 5.70. The Morgan fingerprint density at radius 2 is 2.09 bits per heavy atom. The van der Waals surface area contributed by atoms with Gasteiger partial charge >= 0.3 is 0 Å². The third-order valence-electron chi connectivity index (χ3n) is 1.19. The molecule has 0 aliphatic heterocycles. The van der Waals surface area contributed by atoms with Crippen molar-refractivity contribution in [1.82, 2.24) is 5.32 Å². The standard InChI is InChI=1S/C7H14N2O2/c1-2-3-4-9-7(11)5-6(8)10/h2-5H2,1H3,(H2,8,10)(H,9,11). The molecule has 4 heteroatoms. The Balaban J connectivity index is 3.30. The molecule has 3 N–H and O–H groups in total. The van der Waals surface area contributed by atoms with Crippen LogP contribution in [0, 0.1) is 0 Å². The molecular formula is C7H14N2O2. The molecular weight excluding hydrogens is 144 g/mol. The van der Waals surface area contributed by atoms with Gasteiger partial charge in [0.2, 0.25) is 11.8 Å². The molecule has 64 valence electrons. The zero-order chi connectivity index (χ0) is 8.69. The second-order valence-electron chi connectivity index (χ2n) is 2.35. The minimum atomic E-state index is -0.584. The van der Waals surface area contributed by atoms with Crippen molar-refractivity contribution in [3.05, 3.63) is 0 Å². The van der Waals surface area contributed by atoms with Gasteiger partial charge in [-0.3, -0.25) is 9.59 Å². The van der Waals surface area contributed by atoms with Crippen LogP contribution in [0.1, 0.15) is 26.2 Å². The highest BCUT2D eigenvalue weighted by Gasteiger charge is 2.03. The summed E-state index contributed by atoms with van der Waals surface area (Å²) in [6.07, 6.45) is 1.76. The normalized spacial score (nSPS) is 9.18. The van der Waals surface area contributed by atoms with Gasteiger partial charge in [-0.15, -0.1) is 0 Å². The van der Waals surface area contributed by atoms with E-state index in [9.17, 15) is 9.59 Å². The maximum Gasteiger partial charge on any atom is 0.229 e. The number of carbonyl (C=O) groups is 2. The first-order valence-corrected chi connectivity index (χ1v) is 3.71. The zero-order valence-corrected chi connectivity index (χ0v) is 6.72. The molecule has 4 nitrogen and oxygen atoms in total. The molecule has 0 aliphatic carbocycles. The number of amides is 2. The first kappa shape index (κ1) is 9.94. The molecule has 11 heavy (non-hydrogen) atoms. The van der Waals surface area contributed by atoms with Crippen LogP contribution in [0.15, 0.2) is 0 Å². The summed E-state index contributed by atoms with van der Waals surface area (Å²) in [4.78, 5) is 20.9. The molecule has 0 saturated heterocycles. The lowest BCUT2D eigenvalue weighted by molar-refractivity contribution is -0.127. The summed E-state index contributed by atoms with van der Waals surface area (Å²) in [6, 6.07) is 0. The minimum Gasteiger partial charge on any atom is -0.369 e. The van der Waals surface area contributed by atoms with Gasteiger partial charge in [0, 0.05) is 6.54 Å². The van der Waals surface area contributed by atoms with Crippen LogP contribution >= 0.6 is 0 Å². The van der Waals surface area contributed by atoms with E-state index in [1.54, 1.807) is 0 Å². The molecule has 0 aromatic carbocycles. The van der Waals surface area contributed by atoms with E-state index in [4.69, 9.17) is 5.73 Å². The molecule has 2 amide bonds. The van der Waals surface area contributed by atoms with Gasteiger partial charge in [-0.25, -0.2) is 0 Å². The quantitative estimate of drug-likeness (QED) is 0.429. The predicted octanol–water partition coefficient (Wildman–Crippen LogP) is -0.222. The maximum atomic E-state index is 10.7. The fraction of sp³-hybridized carbons (Fsp3) is 0.714. The zero-order valence-electron chi connectivity index (χ0n) is 6.72. The van der Waals surface area contributed by atoms with E-state index >= 15 is 0 Å². The summed E-state index contributed by atoms with van der Waals surface area (Å²) in [5.74, 6) is -0.870. The minimum absolute atomic E-state index is 0.205. The van der Waals surface area contributed by atoms with Crippen molar-refractivity contribution in [3.8, 4) is 0 Å². The highest BCUT2D eigenvalue weighted by atomic mass is 16.2. The van der Waals surface area contributed by atoms with E-state index in [2.05, 4.69) is 5.32 Å². The van der Waals surface area contributed by atoms with Crippen molar-refractivity contribution in [3.63, 3.8) is 0 Å². The lowest BCUT2D eigenvalue weighted by atomic mass is 10.3. The number of hydrogen-bond donors (Lipinski definition) is 2. The van der Waals surface area contributed by atoms with E-state index in [1.807, 2.05) is 6.92 Å². The molecule has 0 aliphatic rings. The Hall–Kier alpha value is -1.06. The van der Waals surface area contributed by atoms with Gasteiger partial charge < -0.3 is 11.1 Å². The molecule has 0 bridgehead atoms. The fourth-order valence-electron chi connectivity index (χ4n) is 0.625. The highest BCUT2D eigenvalue weighted by Crippen LogP contribution is 1.83. The van der Waals surface area contributed by atoms with Crippen molar-refractivity contribution >= 4 is 11.8 Å². The van der Waals surface area contributed by atoms with Crippen molar-refractivity contribution in [2.24, 2.45) is 5.73 Å². The number of rotatable bonds is 5. The molecule has 0 fully saturated rings. The van der Waals surface area contributed by atoms with Crippen LogP contribution in [-0.2, 0) is 9.59 Å². The van der Waals surface area contributed by atoms with E-state index < -0.39 is 5.91 Å². The Morgan fingerprint density at radius 3 is 2.55 bits per heavy atom. The van der Waals surface area contributed by atoms with Gasteiger partial charge in [-0.1, -0.05) is 13.3 Å². The van der Waals surface area contributed by atoms with Gasteiger partial charge in [-0.05, 0) is 6.42 Å². The molecule has 0 rings (SSSR count).